The van der Waals surface area contributed by atoms with Crippen molar-refractivity contribution in [3.05, 3.63) is 31.1 Å². The van der Waals surface area contributed by atoms with Crippen LogP contribution in [-0.4, -0.2) is 38.6 Å². The molecule has 0 bridgehead atoms. The highest BCUT2D eigenvalue weighted by molar-refractivity contribution is 7.91. The van der Waals surface area contributed by atoms with E-state index in [0.717, 1.165) is 6.42 Å². The van der Waals surface area contributed by atoms with E-state index in [4.69, 9.17) is 4.43 Å². The molecule has 1 heterocycles. The van der Waals surface area contributed by atoms with Crippen LogP contribution in [0.5, 0.6) is 0 Å². The summed E-state index contributed by atoms with van der Waals surface area (Å²) in [4.78, 5) is 7.76. The lowest BCUT2D eigenvalue weighted by molar-refractivity contribution is 0.263. The number of allylic oxidation sites excluding steroid dienone is 1. The normalized spacial score (nSPS) is 15.6. The van der Waals surface area contributed by atoms with Crippen molar-refractivity contribution in [2.45, 2.75) is 69.1 Å². The maximum Gasteiger partial charge on any atom is 0.247 e. The summed E-state index contributed by atoms with van der Waals surface area (Å²) in [6, 6.07) is 1.61. The molecule has 0 aromatic carbocycles. The maximum absolute atomic E-state index is 12.6. The molecule has 7 heteroatoms. The van der Waals surface area contributed by atoms with Gasteiger partial charge in [-0.05, 0) is 49.9 Å². The van der Waals surface area contributed by atoms with Crippen molar-refractivity contribution >= 4 is 18.2 Å². The van der Waals surface area contributed by atoms with Crippen LogP contribution in [0.4, 0.5) is 0 Å². The monoisotopic (exact) mass is 384 g/mol. The smallest absolute Gasteiger partial charge is 0.247 e. The van der Waals surface area contributed by atoms with Gasteiger partial charge in [-0.3, -0.25) is 0 Å². The molecule has 2 atom stereocenters. The number of hydrogen-bond donors (Lipinski definition) is 0. The molecule has 0 radical (unpaired) electrons. The van der Waals surface area contributed by atoms with Crippen LogP contribution in [0, 0.1) is 5.92 Å². The minimum atomic E-state index is -3.52. The number of rotatable bonds is 9. The van der Waals surface area contributed by atoms with Gasteiger partial charge in [0.15, 0.2) is 8.32 Å². The van der Waals surface area contributed by atoms with Crippen molar-refractivity contribution in [3.63, 3.8) is 0 Å². The lowest BCUT2D eigenvalue weighted by Crippen LogP contribution is -2.41. The minimum absolute atomic E-state index is 0.0817. The molecule has 0 N–H and O–H groups in total. The topological polar surface area (TPSA) is 69.2 Å². The second kappa shape index (κ2) is 8.55. The molecule has 0 saturated heterocycles. The van der Waals surface area contributed by atoms with Crippen LogP contribution in [0.3, 0.4) is 0 Å². The van der Waals surface area contributed by atoms with E-state index < -0.39 is 23.4 Å². The van der Waals surface area contributed by atoms with Crippen LogP contribution >= 0.6 is 0 Å². The summed E-state index contributed by atoms with van der Waals surface area (Å²) in [7, 11) is -5.31. The molecule has 25 heavy (non-hydrogen) atoms. The van der Waals surface area contributed by atoms with Crippen molar-refractivity contribution in [1.82, 2.24) is 9.97 Å². The largest absolute Gasteiger partial charge is 0.417 e. The Hall–Kier alpha value is -1.05. The minimum Gasteiger partial charge on any atom is -0.417 e. The van der Waals surface area contributed by atoms with Gasteiger partial charge < -0.3 is 4.43 Å². The molecule has 0 amide bonds. The van der Waals surface area contributed by atoms with Crippen LogP contribution < -0.4 is 0 Å². The first-order valence-electron chi connectivity index (χ1n) is 8.69. The second-order valence-electron chi connectivity index (χ2n) is 8.02. The first kappa shape index (κ1) is 22.0. The fourth-order valence-electron chi connectivity index (χ4n) is 2.18. The van der Waals surface area contributed by atoms with E-state index in [1.165, 1.54) is 12.4 Å². The van der Waals surface area contributed by atoms with Gasteiger partial charge in [0, 0.05) is 19.0 Å². The van der Waals surface area contributed by atoms with Gasteiger partial charge in [-0.2, -0.15) is 0 Å². The zero-order valence-corrected chi connectivity index (χ0v) is 18.1. The van der Waals surface area contributed by atoms with E-state index in [2.05, 4.69) is 50.4 Å². The number of sulfone groups is 1. The molecule has 1 aromatic heterocycles. The van der Waals surface area contributed by atoms with Crippen molar-refractivity contribution in [2.24, 2.45) is 5.92 Å². The number of aromatic nitrogens is 2. The molecule has 5 nitrogen and oxygen atoms in total. The van der Waals surface area contributed by atoms with E-state index in [-0.39, 0.29) is 16.1 Å². The average molecular weight is 385 g/mol. The van der Waals surface area contributed by atoms with Crippen molar-refractivity contribution in [1.29, 1.82) is 0 Å². The van der Waals surface area contributed by atoms with Gasteiger partial charge in [0.05, 0.1) is 5.25 Å². The molecular weight excluding hydrogens is 352 g/mol. The summed E-state index contributed by atoms with van der Waals surface area (Å²) in [5.41, 5.74) is 0. The maximum atomic E-state index is 12.6. The second-order valence-corrected chi connectivity index (χ2v) is 15.1. The summed E-state index contributed by atoms with van der Waals surface area (Å²) in [5, 5.41) is -0.508. The molecule has 0 aliphatic heterocycles. The highest BCUT2D eigenvalue weighted by atomic mass is 32.2. The molecule has 0 fully saturated rings. The van der Waals surface area contributed by atoms with Gasteiger partial charge >= 0.3 is 0 Å². The Balaban J connectivity index is 2.66. The summed E-state index contributed by atoms with van der Waals surface area (Å²) in [5.74, 6) is 0.0817. The third kappa shape index (κ3) is 6.01. The summed E-state index contributed by atoms with van der Waals surface area (Å²) < 4.78 is 31.3. The Labute approximate surface area is 154 Å². The lowest BCUT2D eigenvalue weighted by atomic mass is 10.0. The lowest BCUT2D eigenvalue weighted by Gasteiger charge is -2.36. The molecule has 142 valence electrons. The van der Waals surface area contributed by atoms with Crippen LogP contribution in [0.2, 0.25) is 18.1 Å². The third-order valence-corrected chi connectivity index (χ3v) is 11.6. The zero-order chi connectivity index (χ0) is 19.3. The number of nitrogens with zero attached hydrogens (tertiary/aromatic N) is 2. The molecule has 0 spiro atoms. The van der Waals surface area contributed by atoms with E-state index in [1.807, 2.05) is 6.08 Å². The third-order valence-electron chi connectivity index (χ3n) is 5.05. The Bertz CT molecular complexity index is 655. The average Bonchev–Trinajstić information content (AvgIpc) is 2.53. The van der Waals surface area contributed by atoms with Gasteiger partial charge in [0.25, 0.3) is 0 Å². The molecule has 0 aliphatic rings. The Kier molecular flexibility index (Phi) is 7.52. The highest BCUT2D eigenvalue weighted by Crippen LogP contribution is 2.36. The first-order chi connectivity index (χ1) is 11.4. The zero-order valence-electron chi connectivity index (χ0n) is 16.3. The van der Waals surface area contributed by atoms with Gasteiger partial charge in [-0.1, -0.05) is 26.8 Å². The van der Waals surface area contributed by atoms with E-state index in [9.17, 15) is 8.42 Å². The molecule has 1 rings (SSSR count). The van der Waals surface area contributed by atoms with E-state index in [0.29, 0.717) is 13.0 Å². The van der Waals surface area contributed by atoms with Gasteiger partial charge in [-0.25, -0.2) is 18.4 Å². The predicted octanol–water partition coefficient (Wildman–Crippen LogP) is 4.24. The quantitative estimate of drug-likeness (QED) is 0.362. The van der Waals surface area contributed by atoms with Crippen molar-refractivity contribution in [3.8, 4) is 0 Å². The molecular formula is C18H32N2O3SSi. The molecule has 0 saturated carbocycles. The Morgan fingerprint density at radius 2 is 1.84 bits per heavy atom. The predicted molar refractivity (Wildman–Crippen MR) is 105 cm³/mol. The molecule has 0 aliphatic carbocycles. The SMILES string of the molecule is C=C[C@H](CCO[Si](C)(C)C(C)(C)C)C[C@@H](C)S(=O)(=O)c1ncccn1. The first-order valence-corrected chi connectivity index (χ1v) is 13.1. The van der Waals surface area contributed by atoms with Crippen LogP contribution in [0.15, 0.2) is 36.3 Å². The van der Waals surface area contributed by atoms with E-state index >= 15 is 0 Å². The van der Waals surface area contributed by atoms with Crippen molar-refractivity contribution in [2.75, 3.05) is 6.61 Å². The van der Waals surface area contributed by atoms with Gasteiger partial charge in [0.2, 0.25) is 15.0 Å². The summed E-state index contributed by atoms with van der Waals surface area (Å²) in [6.45, 7) is 17.3. The fourth-order valence-corrected chi connectivity index (χ4v) is 4.52. The Morgan fingerprint density at radius 1 is 1.28 bits per heavy atom. The van der Waals surface area contributed by atoms with Crippen LogP contribution in [-0.2, 0) is 14.3 Å². The molecule has 1 aromatic rings. The van der Waals surface area contributed by atoms with E-state index in [1.54, 1.807) is 13.0 Å². The van der Waals surface area contributed by atoms with Crippen molar-refractivity contribution < 1.29 is 12.8 Å². The summed E-state index contributed by atoms with van der Waals surface area (Å²) >= 11 is 0. The van der Waals surface area contributed by atoms with Gasteiger partial charge in [-0.15, -0.1) is 6.58 Å². The Morgan fingerprint density at radius 3 is 2.32 bits per heavy atom. The van der Waals surface area contributed by atoms with Crippen LogP contribution in [0.25, 0.3) is 0 Å². The fraction of sp³-hybridized carbons (Fsp3) is 0.667. The van der Waals surface area contributed by atoms with Gasteiger partial charge in [0.1, 0.15) is 0 Å². The number of hydrogen-bond acceptors (Lipinski definition) is 5. The standard InChI is InChI=1S/C18H32N2O3SSi/c1-8-16(10-13-23-25(6,7)18(3,4)5)14-15(2)24(21,22)17-19-11-9-12-20-17/h8-9,11-12,15-16H,1,10,13-14H2,2-7H3/t15-,16-/m1/s1. The molecule has 0 unspecified atom stereocenters. The van der Waals surface area contributed by atoms with Crippen LogP contribution in [0.1, 0.15) is 40.5 Å². The highest BCUT2D eigenvalue weighted by Gasteiger charge is 2.37. The summed E-state index contributed by atoms with van der Waals surface area (Å²) in [6.07, 6.45) is 5.98.